The van der Waals surface area contributed by atoms with E-state index in [0.717, 1.165) is 19.1 Å². The average Bonchev–Trinajstić information content (AvgIpc) is 2.53. The molecule has 0 N–H and O–H groups in total. The maximum atomic E-state index is 12.8. The number of methoxy groups -OCH3 is 1. The van der Waals surface area contributed by atoms with Crippen molar-refractivity contribution in [3.05, 3.63) is 24.3 Å². The molecule has 2 rings (SSSR count). The minimum atomic E-state index is -3.61. The first-order chi connectivity index (χ1) is 11.2. The Labute approximate surface area is 144 Å². The van der Waals surface area contributed by atoms with Crippen molar-refractivity contribution < 1.29 is 17.9 Å². The van der Waals surface area contributed by atoms with Gasteiger partial charge in [-0.25, -0.2) is 8.42 Å². The van der Waals surface area contributed by atoms with Crippen LogP contribution in [0.25, 0.3) is 0 Å². The third-order valence-electron chi connectivity index (χ3n) is 4.34. The molecular formula is C17H26N2O4S. The molecule has 24 heavy (non-hydrogen) atoms. The van der Waals surface area contributed by atoms with E-state index >= 15 is 0 Å². The summed E-state index contributed by atoms with van der Waals surface area (Å²) in [6.45, 7) is 5.12. The summed E-state index contributed by atoms with van der Waals surface area (Å²) < 4.78 is 31.0. The molecule has 1 aliphatic heterocycles. The van der Waals surface area contributed by atoms with Crippen molar-refractivity contribution in [2.24, 2.45) is 5.92 Å². The van der Waals surface area contributed by atoms with Crippen LogP contribution in [0.4, 0.5) is 5.69 Å². The number of anilines is 1. The molecule has 1 amide bonds. The fourth-order valence-electron chi connectivity index (χ4n) is 3.20. The summed E-state index contributed by atoms with van der Waals surface area (Å²) in [5.41, 5.74) is 0.433. The Morgan fingerprint density at radius 3 is 2.71 bits per heavy atom. The zero-order chi connectivity index (χ0) is 17.9. The Morgan fingerprint density at radius 2 is 2.12 bits per heavy atom. The minimum absolute atomic E-state index is 0.158. The van der Waals surface area contributed by atoms with E-state index in [0.29, 0.717) is 30.4 Å². The molecule has 1 aliphatic rings. The number of hydrogen-bond donors (Lipinski definition) is 0. The predicted molar refractivity (Wildman–Crippen MR) is 94.8 cm³/mol. The standard InChI is InChI=1S/C17H26N2O4S/c1-13-7-6-10-18(12-13)17(20)14(2)19(24(4,21)22)15-8-5-9-16(11-15)23-3/h5,8-9,11,13-14H,6-7,10,12H2,1-4H3. The highest BCUT2D eigenvalue weighted by Gasteiger charge is 2.33. The summed E-state index contributed by atoms with van der Waals surface area (Å²) in [7, 11) is -2.09. The van der Waals surface area contributed by atoms with E-state index in [2.05, 4.69) is 6.92 Å². The number of carbonyl (C=O) groups excluding carboxylic acids is 1. The van der Waals surface area contributed by atoms with Crippen LogP contribution >= 0.6 is 0 Å². The van der Waals surface area contributed by atoms with Gasteiger partial charge in [0.05, 0.1) is 19.1 Å². The summed E-state index contributed by atoms with van der Waals surface area (Å²) >= 11 is 0. The molecule has 1 heterocycles. The number of ether oxygens (including phenoxy) is 1. The first-order valence-corrected chi connectivity index (χ1v) is 10.0. The van der Waals surface area contributed by atoms with Crippen molar-refractivity contribution in [3.63, 3.8) is 0 Å². The number of amides is 1. The number of sulfonamides is 1. The zero-order valence-corrected chi connectivity index (χ0v) is 15.5. The van der Waals surface area contributed by atoms with Crippen LogP contribution in [-0.4, -0.2) is 51.7 Å². The van der Waals surface area contributed by atoms with Crippen molar-refractivity contribution in [1.82, 2.24) is 4.90 Å². The van der Waals surface area contributed by atoms with Gasteiger partial charge in [-0.2, -0.15) is 0 Å². The van der Waals surface area contributed by atoms with E-state index in [-0.39, 0.29) is 5.91 Å². The fourth-order valence-corrected chi connectivity index (χ4v) is 4.37. The van der Waals surface area contributed by atoms with Crippen molar-refractivity contribution in [1.29, 1.82) is 0 Å². The van der Waals surface area contributed by atoms with Gasteiger partial charge < -0.3 is 9.64 Å². The molecule has 134 valence electrons. The minimum Gasteiger partial charge on any atom is -0.497 e. The molecule has 0 bridgehead atoms. The van der Waals surface area contributed by atoms with Crippen LogP contribution < -0.4 is 9.04 Å². The van der Waals surface area contributed by atoms with Crippen LogP contribution in [0.3, 0.4) is 0 Å². The summed E-state index contributed by atoms with van der Waals surface area (Å²) in [6, 6.07) is 5.96. The first-order valence-electron chi connectivity index (χ1n) is 8.16. The van der Waals surface area contributed by atoms with Gasteiger partial charge in [-0.3, -0.25) is 9.10 Å². The van der Waals surface area contributed by atoms with Gasteiger partial charge in [0, 0.05) is 19.2 Å². The highest BCUT2D eigenvalue weighted by atomic mass is 32.2. The normalized spacial score (nSPS) is 19.7. The second-order valence-electron chi connectivity index (χ2n) is 6.47. The lowest BCUT2D eigenvalue weighted by Crippen LogP contribution is -2.51. The van der Waals surface area contributed by atoms with Crippen molar-refractivity contribution >= 4 is 21.6 Å². The van der Waals surface area contributed by atoms with Gasteiger partial charge in [0.25, 0.3) is 0 Å². The van der Waals surface area contributed by atoms with Gasteiger partial charge in [0.15, 0.2) is 0 Å². The Morgan fingerprint density at radius 1 is 1.42 bits per heavy atom. The quantitative estimate of drug-likeness (QED) is 0.812. The maximum Gasteiger partial charge on any atom is 0.246 e. The van der Waals surface area contributed by atoms with Crippen molar-refractivity contribution in [3.8, 4) is 5.75 Å². The first kappa shape index (κ1) is 18.6. The second-order valence-corrected chi connectivity index (χ2v) is 8.33. The molecule has 1 fully saturated rings. The lowest BCUT2D eigenvalue weighted by molar-refractivity contribution is -0.133. The van der Waals surface area contributed by atoms with Crippen molar-refractivity contribution in [2.75, 3.05) is 30.8 Å². The highest BCUT2D eigenvalue weighted by Crippen LogP contribution is 2.26. The van der Waals surface area contributed by atoms with E-state index in [9.17, 15) is 13.2 Å². The Hall–Kier alpha value is -1.76. The van der Waals surface area contributed by atoms with Gasteiger partial charge >= 0.3 is 0 Å². The van der Waals surface area contributed by atoms with E-state index in [4.69, 9.17) is 4.74 Å². The number of likely N-dealkylation sites (tertiary alicyclic amines) is 1. The molecule has 0 aliphatic carbocycles. The number of benzene rings is 1. The fraction of sp³-hybridized carbons (Fsp3) is 0.588. The molecule has 1 saturated heterocycles. The van der Waals surface area contributed by atoms with Gasteiger partial charge in [0.2, 0.25) is 15.9 Å². The second kappa shape index (κ2) is 7.42. The molecule has 6 nitrogen and oxygen atoms in total. The molecule has 7 heteroatoms. The lowest BCUT2D eigenvalue weighted by Gasteiger charge is -2.36. The number of nitrogens with zero attached hydrogens (tertiary/aromatic N) is 2. The number of rotatable bonds is 5. The smallest absolute Gasteiger partial charge is 0.246 e. The van der Waals surface area contributed by atoms with Gasteiger partial charge in [-0.15, -0.1) is 0 Å². The molecule has 0 spiro atoms. The third-order valence-corrected chi connectivity index (χ3v) is 5.58. The number of carbonyl (C=O) groups is 1. The Kier molecular flexibility index (Phi) is 5.74. The van der Waals surface area contributed by atoms with Crippen LogP contribution in [-0.2, 0) is 14.8 Å². The van der Waals surface area contributed by atoms with Gasteiger partial charge in [-0.1, -0.05) is 13.0 Å². The van der Waals surface area contributed by atoms with E-state index in [1.54, 1.807) is 36.1 Å². The zero-order valence-electron chi connectivity index (χ0n) is 14.7. The topological polar surface area (TPSA) is 66.9 Å². The molecule has 0 saturated carbocycles. The highest BCUT2D eigenvalue weighted by molar-refractivity contribution is 7.92. The average molecular weight is 354 g/mol. The molecule has 0 radical (unpaired) electrons. The van der Waals surface area contributed by atoms with Gasteiger partial charge in [-0.05, 0) is 37.8 Å². The SMILES string of the molecule is COc1cccc(N(C(C)C(=O)N2CCCC(C)C2)S(C)(=O)=O)c1. The largest absolute Gasteiger partial charge is 0.497 e. The molecule has 1 aromatic rings. The van der Waals surface area contributed by atoms with Crippen LogP contribution in [0.15, 0.2) is 24.3 Å². The molecule has 2 atom stereocenters. The molecule has 2 unspecified atom stereocenters. The van der Waals surface area contributed by atoms with Gasteiger partial charge in [0.1, 0.15) is 11.8 Å². The van der Waals surface area contributed by atoms with Crippen LogP contribution in [0.5, 0.6) is 5.75 Å². The lowest BCUT2D eigenvalue weighted by atomic mass is 10.00. The van der Waals surface area contributed by atoms with E-state index in [1.807, 2.05) is 0 Å². The third kappa shape index (κ3) is 4.20. The molecular weight excluding hydrogens is 328 g/mol. The number of hydrogen-bond acceptors (Lipinski definition) is 4. The summed E-state index contributed by atoms with van der Waals surface area (Å²) in [5, 5.41) is 0. The predicted octanol–water partition coefficient (Wildman–Crippen LogP) is 2.11. The summed E-state index contributed by atoms with van der Waals surface area (Å²) in [4.78, 5) is 14.6. The van der Waals surface area contributed by atoms with Crippen LogP contribution in [0, 0.1) is 5.92 Å². The van der Waals surface area contributed by atoms with E-state index < -0.39 is 16.1 Å². The molecule has 1 aromatic carbocycles. The van der Waals surface area contributed by atoms with Crippen LogP contribution in [0.1, 0.15) is 26.7 Å². The van der Waals surface area contributed by atoms with Crippen molar-refractivity contribution in [2.45, 2.75) is 32.7 Å². The Bertz CT molecular complexity index is 690. The van der Waals surface area contributed by atoms with Crippen LogP contribution in [0.2, 0.25) is 0 Å². The van der Waals surface area contributed by atoms with E-state index in [1.165, 1.54) is 11.4 Å². The monoisotopic (exact) mass is 354 g/mol. The molecule has 0 aromatic heterocycles. The summed E-state index contributed by atoms with van der Waals surface area (Å²) in [6.07, 6.45) is 3.18. The summed E-state index contributed by atoms with van der Waals surface area (Å²) in [5.74, 6) is 0.834. The number of piperidine rings is 1. The Balaban J connectivity index is 2.32. The maximum absolute atomic E-state index is 12.8.